The maximum atomic E-state index is 12.5. The maximum Gasteiger partial charge on any atom is 2.00 e. The molecule has 2 nitrogen and oxygen atoms in total. The van der Waals surface area contributed by atoms with Gasteiger partial charge in [-0.3, -0.25) is 0 Å². The van der Waals surface area contributed by atoms with Gasteiger partial charge in [0.05, 0.1) is 11.4 Å². The van der Waals surface area contributed by atoms with Crippen molar-refractivity contribution in [3.8, 4) is 0 Å². The van der Waals surface area contributed by atoms with E-state index in [1.807, 2.05) is 84.9 Å². The molecule has 0 heterocycles. The van der Waals surface area contributed by atoms with Crippen LogP contribution < -0.4 is 0 Å². The van der Waals surface area contributed by atoms with Crippen molar-refractivity contribution in [1.29, 1.82) is 0 Å². The molecule has 0 radical (unpaired) electrons. The van der Waals surface area contributed by atoms with Crippen molar-refractivity contribution in [3.63, 3.8) is 0 Å². The predicted octanol–water partition coefficient (Wildman–Crippen LogP) is 11.4. The number of aliphatic imine (C=N–C) groups is 1. The molecule has 240 valence electrons. The Morgan fingerprint density at radius 2 is 1.00 bits per heavy atom. The van der Waals surface area contributed by atoms with Crippen molar-refractivity contribution in [2.45, 2.75) is 12.0 Å². The minimum Gasteiger partial charge on any atom is -0.378 e. The van der Waals surface area contributed by atoms with Crippen LogP contribution in [0.5, 0.6) is 0 Å². The first-order chi connectivity index (χ1) is 24.0. The van der Waals surface area contributed by atoms with Crippen molar-refractivity contribution in [3.05, 3.63) is 224 Å². The van der Waals surface area contributed by atoms with E-state index in [0.29, 0.717) is 12.1 Å². The van der Waals surface area contributed by atoms with Crippen molar-refractivity contribution in [2.75, 3.05) is 0 Å². The Morgan fingerprint density at radius 1 is 0.500 bits per heavy atom. The molecule has 1 aliphatic rings. The largest absolute Gasteiger partial charge is 2.00 e. The molecular formula is C47H37NOZr. The first kappa shape index (κ1) is 34.6. The number of hydrogen-bond donors (Lipinski definition) is 1. The van der Waals surface area contributed by atoms with Crippen molar-refractivity contribution in [1.82, 2.24) is 0 Å². The van der Waals surface area contributed by atoms with Crippen LogP contribution in [-0.2, 0) is 38.2 Å². The molecule has 0 saturated carbocycles. The van der Waals surface area contributed by atoms with Gasteiger partial charge in [-0.15, -0.1) is 24.3 Å². The molecule has 9 rings (SSSR count). The Morgan fingerprint density at radius 3 is 1.60 bits per heavy atom. The fourth-order valence-electron chi connectivity index (χ4n) is 6.66. The molecule has 1 N–H and O–H groups in total. The number of rotatable bonds is 3. The van der Waals surface area contributed by atoms with Crippen molar-refractivity contribution in [2.24, 2.45) is 4.99 Å². The second-order valence-electron chi connectivity index (χ2n) is 12.3. The van der Waals surface area contributed by atoms with Gasteiger partial charge in [-0.2, -0.15) is 49.2 Å². The van der Waals surface area contributed by atoms with E-state index < -0.39 is 5.60 Å². The van der Waals surface area contributed by atoms with Gasteiger partial charge in [-0.25, -0.2) is 4.99 Å². The van der Waals surface area contributed by atoms with Crippen molar-refractivity contribution < 1.29 is 31.3 Å². The molecule has 0 aliphatic heterocycles. The van der Waals surface area contributed by atoms with E-state index in [1.54, 1.807) is 0 Å². The van der Waals surface area contributed by atoms with E-state index in [2.05, 4.69) is 111 Å². The third-order valence-electron chi connectivity index (χ3n) is 8.96. The van der Waals surface area contributed by atoms with E-state index in [9.17, 15) is 5.11 Å². The van der Waals surface area contributed by atoms with Crippen LogP contribution in [0.3, 0.4) is 0 Å². The zero-order chi connectivity index (χ0) is 33.6. The topological polar surface area (TPSA) is 32.6 Å². The van der Waals surface area contributed by atoms with Crippen LogP contribution in [0.15, 0.2) is 187 Å². The molecule has 0 saturated heterocycles. The number of hydrogen-bond acceptors (Lipinski definition) is 2. The standard InChI is InChI=1S/C33H23NO.2C7H7.Zr/c35-33(21-22-10-2-1-3-11-22)29-19-9-14-23-13-8-18-28(31(23)29)32(33)34-30-20-24-12-4-5-15-25(24)26-16-6-7-17-27(26)30;2*1-7-5-3-2-4-6-7;/h1-20,35H,21H2;2*2-6H,1H2;/q;2*-1;+2. The normalized spacial score (nSPS) is 15.1. The summed E-state index contributed by atoms with van der Waals surface area (Å²) in [5.74, 6) is 0. The van der Waals surface area contributed by atoms with Gasteiger partial charge in [-0.1, -0.05) is 127 Å². The third-order valence-corrected chi connectivity index (χ3v) is 8.96. The third kappa shape index (κ3) is 7.21. The van der Waals surface area contributed by atoms with Gasteiger partial charge in [-0.05, 0) is 44.1 Å². The predicted molar refractivity (Wildman–Crippen MR) is 207 cm³/mol. The average Bonchev–Trinajstić information content (AvgIpc) is 3.37. The SMILES string of the molecule is OC1(Cc2ccccc2)C(=Nc2cc3ccccc3c3ccccc23)c2cccc3cccc1c23.[CH2-]c1ccccc1.[CH2-]c1ccccc1.[Zr+2]. The summed E-state index contributed by atoms with van der Waals surface area (Å²) in [7, 11) is 0. The second kappa shape index (κ2) is 15.6. The Bertz CT molecular complexity index is 2340. The van der Waals surface area contributed by atoms with Gasteiger partial charge in [0.25, 0.3) is 0 Å². The zero-order valence-corrected chi connectivity index (χ0v) is 30.3. The molecule has 0 amide bonds. The van der Waals surface area contributed by atoms with Crippen LogP contribution in [0.25, 0.3) is 32.3 Å². The summed E-state index contributed by atoms with van der Waals surface area (Å²) < 4.78 is 0. The molecule has 8 aromatic rings. The fourth-order valence-corrected chi connectivity index (χ4v) is 6.66. The average molecular weight is 723 g/mol. The summed E-state index contributed by atoms with van der Waals surface area (Å²) in [5, 5.41) is 19.3. The van der Waals surface area contributed by atoms with Crippen LogP contribution in [0.4, 0.5) is 5.69 Å². The Hall–Kier alpha value is -5.21. The quantitative estimate of drug-likeness (QED) is 0.143. The summed E-state index contributed by atoms with van der Waals surface area (Å²) in [6.45, 7) is 7.44. The Balaban J connectivity index is 0.000000240. The Labute approximate surface area is 313 Å². The molecule has 0 aromatic heterocycles. The van der Waals surface area contributed by atoms with Crippen LogP contribution in [-0.4, -0.2) is 10.8 Å². The molecule has 0 spiro atoms. The van der Waals surface area contributed by atoms with Gasteiger partial charge < -0.3 is 5.11 Å². The van der Waals surface area contributed by atoms with E-state index >= 15 is 0 Å². The molecule has 1 unspecified atom stereocenters. The summed E-state index contributed by atoms with van der Waals surface area (Å²) in [5.41, 5.74) is 5.53. The molecular weight excluding hydrogens is 686 g/mol. The summed E-state index contributed by atoms with van der Waals surface area (Å²) in [6, 6.07) is 61.4. The van der Waals surface area contributed by atoms with E-state index in [1.165, 1.54) is 10.8 Å². The van der Waals surface area contributed by atoms with Crippen molar-refractivity contribution >= 4 is 43.7 Å². The first-order valence-electron chi connectivity index (χ1n) is 16.5. The summed E-state index contributed by atoms with van der Waals surface area (Å²) in [6.07, 6.45) is 0.464. The van der Waals surface area contributed by atoms with Gasteiger partial charge in [0, 0.05) is 17.4 Å². The van der Waals surface area contributed by atoms with Crippen LogP contribution in [0, 0.1) is 13.8 Å². The molecule has 0 fully saturated rings. The van der Waals surface area contributed by atoms with Crippen LogP contribution in [0.2, 0.25) is 0 Å². The molecule has 1 atom stereocenters. The maximum absolute atomic E-state index is 12.5. The van der Waals surface area contributed by atoms with E-state index in [-0.39, 0.29) is 26.2 Å². The monoisotopic (exact) mass is 721 g/mol. The summed E-state index contributed by atoms with van der Waals surface area (Å²) >= 11 is 0. The number of nitrogens with zero attached hydrogens (tertiary/aromatic N) is 1. The molecule has 3 heteroatoms. The summed E-state index contributed by atoms with van der Waals surface area (Å²) in [4.78, 5) is 5.29. The smallest absolute Gasteiger partial charge is 0.378 e. The molecule has 8 aromatic carbocycles. The zero-order valence-electron chi connectivity index (χ0n) is 27.8. The van der Waals surface area contributed by atoms with E-state index in [0.717, 1.165) is 55.0 Å². The van der Waals surface area contributed by atoms with Gasteiger partial charge >= 0.3 is 26.2 Å². The molecule has 1 aliphatic carbocycles. The fraction of sp³-hybridized carbons (Fsp3) is 0.0426. The number of aliphatic hydroxyl groups is 1. The van der Waals surface area contributed by atoms with Gasteiger partial charge in [0.2, 0.25) is 0 Å². The number of benzene rings is 8. The minimum atomic E-state index is -1.22. The molecule has 0 bridgehead atoms. The second-order valence-corrected chi connectivity index (χ2v) is 12.3. The number of fused-ring (bicyclic) bond motifs is 3. The Kier molecular flexibility index (Phi) is 10.8. The van der Waals surface area contributed by atoms with Gasteiger partial charge in [0.15, 0.2) is 0 Å². The minimum absolute atomic E-state index is 0. The first-order valence-corrected chi connectivity index (χ1v) is 16.5. The molecule has 50 heavy (non-hydrogen) atoms. The van der Waals surface area contributed by atoms with Crippen LogP contribution in [0.1, 0.15) is 27.8 Å². The van der Waals surface area contributed by atoms with E-state index in [4.69, 9.17) is 4.99 Å². The van der Waals surface area contributed by atoms with Crippen LogP contribution >= 0.6 is 0 Å². The van der Waals surface area contributed by atoms with Gasteiger partial charge in [0.1, 0.15) is 5.60 Å².